The van der Waals surface area contributed by atoms with Gasteiger partial charge in [0.1, 0.15) is 5.82 Å². The van der Waals surface area contributed by atoms with Gasteiger partial charge in [-0.15, -0.1) is 0 Å². The quantitative estimate of drug-likeness (QED) is 0.811. The van der Waals surface area contributed by atoms with E-state index in [4.69, 9.17) is 4.74 Å². The maximum absolute atomic E-state index is 13.0. The molecule has 2 heterocycles. The lowest BCUT2D eigenvalue weighted by Gasteiger charge is -2.25. The van der Waals surface area contributed by atoms with Crippen LogP contribution >= 0.6 is 0 Å². The molecule has 5 heteroatoms. The van der Waals surface area contributed by atoms with Crippen LogP contribution in [-0.2, 0) is 17.7 Å². The van der Waals surface area contributed by atoms with Crippen molar-refractivity contribution in [1.29, 1.82) is 0 Å². The summed E-state index contributed by atoms with van der Waals surface area (Å²) in [5.41, 5.74) is 2.85. The standard InChI is InChI=1S/C20H25N3O2/c1-3-19-21-11-17(12-22-19)20(24)23(14-18-8-5-9-25-18)13-16-7-4-6-15(2)10-16/h4,6-7,10-12,18H,3,5,8-9,13-14H2,1-2H3/t18-/m0/s1. The minimum atomic E-state index is -0.0420. The summed E-state index contributed by atoms with van der Waals surface area (Å²) in [4.78, 5) is 23.4. The summed E-state index contributed by atoms with van der Waals surface area (Å²) >= 11 is 0. The van der Waals surface area contributed by atoms with Crippen molar-refractivity contribution in [3.8, 4) is 0 Å². The molecular formula is C20H25N3O2. The topological polar surface area (TPSA) is 55.3 Å². The molecule has 0 bridgehead atoms. The molecule has 0 radical (unpaired) electrons. The monoisotopic (exact) mass is 339 g/mol. The number of aryl methyl sites for hydroxylation is 2. The van der Waals surface area contributed by atoms with Gasteiger partial charge in [0, 0.05) is 38.5 Å². The Labute approximate surface area is 149 Å². The zero-order chi connectivity index (χ0) is 17.6. The molecule has 3 rings (SSSR count). The average Bonchev–Trinajstić information content (AvgIpc) is 3.14. The molecular weight excluding hydrogens is 314 g/mol. The van der Waals surface area contributed by atoms with E-state index in [0.717, 1.165) is 37.3 Å². The Morgan fingerprint density at radius 2 is 2.12 bits per heavy atom. The minimum Gasteiger partial charge on any atom is -0.376 e. The Morgan fingerprint density at radius 1 is 1.32 bits per heavy atom. The fourth-order valence-electron chi connectivity index (χ4n) is 3.11. The van der Waals surface area contributed by atoms with Gasteiger partial charge in [0.2, 0.25) is 0 Å². The Kier molecular flexibility index (Phi) is 5.76. The molecule has 1 aromatic heterocycles. The lowest BCUT2D eigenvalue weighted by atomic mass is 10.1. The Hall–Kier alpha value is -2.27. The van der Waals surface area contributed by atoms with Gasteiger partial charge in [-0.25, -0.2) is 9.97 Å². The SMILES string of the molecule is CCc1ncc(C(=O)N(Cc2cccc(C)c2)C[C@@H]2CCCO2)cn1. The number of carbonyl (C=O) groups is 1. The number of hydrogen-bond donors (Lipinski definition) is 0. The van der Waals surface area contributed by atoms with Gasteiger partial charge in [0.05, 0.1) is 11.7 Å². The van der Waals surface area contributed by atoms with Gasteiger partial charge in [-0.3, -0.25) is 4.79 Å². The summed E-state index contributed by atoms with van der Waals surface area (Å²) in [5.74, 6) is 0.709. The van der Waals surface area contributed by atoms with Crippen LogP contribution in [0.15, 0.2) is 36.7 Å². The van der Waals surface area contributed by atoms with Gasteiger partial charge in [0.15, 0.2) is 0 Å². The van der Waals surface area contributed by atoms with Crippen LogP contribution in [0, 0.1) is 6.92 Å². The van der Waals surface area contributed by atoms with Gasteiger partial charge >= 0.3 is 0 Å². The highest BCUT2D eigenvalue weighted by Crippen LogP contribution is 2.17. The van der Waals surface area contributed by atoms with Crippen molar-refractivity contribution >= 4 is 5.91 Å². The summed E-state index contributed by atoms with van der Waals surface area (Å²) in [6.45, 7) is 6.01. The summed E-state index contributed by atoms with van der Waals surface area (Å²) in [5, 5.41) is 0. The number of aromatic nitrogens is 2. The van der Waals surface area contributed by atoms with Crippen LogP contribution in [0.4, 0.5) is 0 Å². The van der Waals surface area contributed by atoms with E-state index in [1.54, 1.807) is 12.4 Å². The number of carbonyl (C=O) groups excluding carboxylic acids is 1. The Morgan fingerprint density at radius 3 is 2.76 bits per heavy atom. The molecule has 1 fully saturated rings. The number of amides is 1. The average molecular weight is 339 g/mol. The predicted molar refractivity (Wildman–Crippen MR) is 96.3 cm³/mol. The summed E-state index contributed by atoms with van der Waals surface area (Å²) < 4.78 is 5.74. The molecule has 1 aliphatic rings. The number of nitrogens with zero attached hydrogens (tertiary/aromatic N) is 3. The van der Waals surface area contributed by atoms with Crippen LogP contribution in [0.1, 0.15) is 47.1 Å². The van der Waals surface area contributed by atoms with Gasteiger partial charge in [0.25, 0.3) is 5.91 Å². The number of ether oxygens (including phenoxy) is 1. The van der Waals surface area contributed by atoms with Crippen molar-refractivity contribution < 1.29 is 9.53 Å². The molecule has 1 aromatic carbocycles. The summed E-state index contributed by atoms with van der Waals surface area (Å²) in [6, 6.07) is 8.26. The largest absolute Gasteiger partial charge is 0.376 e. The molecule has 1 atom stereocenters. The Balaban J connectivity index is 1.79. The highest BCUT2D eigenvalue weighted by molar-refractivity contribution is 5.93. The van der Waals surface area contributed by atoms with E-state index < -0.39 is 0 Å². The first-order chi connectivity index (χ1) is 12.2. The normalized spacial score (nSPS) is 16.8. The first-order valence-electron chi connectivity index (χ1n) is 8.93. The predicted octanol–water partition coefficient (Wildman–Crippen LogP) is 3.17. The second-order valence-electron chi connectivity index (χ2n) is 6.55. The molecule has 2 aromatic rings. The molecule has 0 aliphatic carbocycles. The first kappa shape index (κ1) is 17.5. The van der Waals surface area contributed by atoms with Crippen molar-refractivity contribution in [2.75, 3.05) is 13.2 Å². The van der Waals surface area contributed by atoms with Crippen molar-refractivity contribution in [3.05, 3.63) is 59.2 Å². The first-order valence-corrected chi connectivity index (χ1v) is 8.93. The summed E-state index contributed by atoms with van der Waals surface area (Å²) in [7, 11) is 0. The highest BCUT2D eigenvalue weighted by Gasteiger charge is 2.24. The van der Waals surface area contributed by atoms with Crippen molar-refractivity contribution in [2.24, 2.45) is 0 Å². The lowest BCUT2D eigenvalue weighted by Crippen LogP contribution is -2.37. The van der Waals surface area contributed by atoms with Gasteiger partial charge in [-0.1, -0.05) is 36.8 Å². The molecule has 1 saturated heterocycles. The van der Waals surface area contributed by atoms with Gasteiger partial charge in [-0.2, -0.15) is 0 Å². The third kappa shape index (κ3) is 4.63. The number of benzene rings is 1. The zero-order valence-electron chi connectivity index (χ0n) is 14.9. The maximum Gasteiger partial charge on any atom is 0.257 e. The van der Waals surface area contributed by atoms with Crippen LogP contribution in [0.25, 0.3) is 0 Å². The van der Waals surface area contributed by atoms with Crippen molar-refractivity contribution in [3.63, 3.8) is 0 Å². The van der Waals surface area contributed by atoms with Crippen LogP contribution in [0.5, 0.6) is 0 Å². The van der Waals surface area contributed by atoms with Crippen molar-refractivity contribution in [1.82, 2.24) is 14.9 Å². The van der Waals surface area contributed by atoms with E-state index in [1.807, 2.05) is 17.9 Å². The van der Waals surface area contributed by atoms with Crippen LogP contribution in [-0.4, -0.2) is 40.0 Å². The second-order valence-corrected chi connectivity index (χ2v) is 6.55. The molecule has 1 amide bonds. The number of rotatable bonds is 6. The smallest absolute Gasteiger partial charge is 0.257 e. The Bertz CT molecular complexity index is 709. The lowest BCUT2D eigenvalue weighted by molar-refractivity contribution is 0.0506. The fourth-order valence-corrected chi connectivity index (χ4v) is 3.11. The molecule has 0 spiro atoms. The van der Waals surface area contributed by atoms with E-state index in [0.29, 0.717) is 18.7 Å². The van der Waals surface area contributed by atoms with Crippen LogP contribution < -0.4 is 0 Å². The summed E-state index contributed by atoms with van der Waals surface area (Å²) in [6.07, 6.45) is 6.20. The molecule has 5 nitrogen and oxygen atoms in total. The maximum atomic E-state index is 13.0. The second kappa shape index (κ2) is 8.21. The third-order valence-corrected chi connectivity index (χ3v) is 4.46. The van der Waals surface area contributed by atoms with Gasteiger partial charge < -0.3 is 9.64 Å². The molecule has 132 valence electrons. The molecule has 25 heavy (non-hydrogen) atoms. The van der Waals surface area contributed by atoms with E-state index in [9.17, 15) is 4.79 Å². The fraction of sp³-hybridized carbons (Fsp3) is 0.450. The van der Waals surface area contributed by atoms with Crippen molar-refractivity contribution in [2.45, 2.75) is 45.8 Å². The van der Waals surface area contributed by atoms with E-state index >= 15 is 0 Å². The van der Waals surface area contributed by atoms with Gasteiger partial charge in [-0.05, 0) is 25.3 Å². The van der Waals surface area contributed by atoms with E-state index in [2.05, 4.69) is 35.1 Å². The molecule has 0 saturated carbocycles. The molecule has 0 N–H and O–H groups in total. The molecule has 0 unspecified atom stereocenters. The zero-order valence-corrected chi connectivity index (χ0v) is 14.9. The minimum absolute atomic E-state index is 0.0420. The third-order valence-electron chi connectivity index (χ3n) is 4.46. The van der Waals surface area contributed by atoms with Crippen LogP contribution in [0.2, 0.25) is 0 Å². The molecule has 1 aliphatic heterocycles. The van der Waals surface area contributed by atoms with E-state index in [-0.39, 0.29) is 12.0 Å². The highest BCUT2D eigenvalue weighted by atomic mass is 16.5. The number of hydrogen-bond acceptors (Lipinski definition) is 4. The van der Waals surface area contributed by atoms with E-state index in [1.165, 1.54) is 5.56 Å². The van der Waals surface area contributed by atoms with Crippen LogP contribution in [0.3, 0.4) is 0 Å².